The number of anilines is 1. The molecule has 2 atom stereocenters. The van der Waals surface area contributed by atoms with Crippen LogP contribution in [0, 0.1) is 20.8 Å². The SMILES string of the molecule is Cc1ccc(Cc2cnc3c(c2)N(C(=O)CN2C[C@@H](C)NC[C@@H]2Cn2nc(C)cc2C)CC3(C)C)cc1. The molecule has 5 rings (SSSR count). The van der Waals surface area contributed by atoms with Crippen molar-refractivity contribution < 1.29 is 4.79 Å². The van der Waals surface area contributed by atoms with Crippen molar-refractivity contribution in [2.45, 2.75) is 72.0 Å². The van der Waals surface area contributed by atoms with Crippen LogP contribution in [0.25, 0.3) is 0 Å². The Labute approximate surface area is 220 Å². The average Bonchev–Trinajstić information content (AvgIpc) is 3.30. The summed E-state index contributed by atoms with van der Waals surface area (Å²) in [6, 6.07) is 13.5. The van der Waals surface area contributed by atoms with E-state index in [-0.39, 0.29) is 17.4 Å². The van der Waals surface area contributed by atoms with Crippen LogP contribution in [0.3, 0.4) is 0 Å². The zero-order valence-corrected chi connectivity index (χ0v) is 23.1. The maximum atomic E-state index is 13.9. The molecule has 1 saturated heterocycles. The van der Waals surface area contributed by atoms with E-state index in [4.69, 9.17) is 4.98 Å². The number of hydrogen-bond acceptors (Lipinski definition) is 5. The lowest BCUT2D eigenvalue weighted by Crippen LogP contribution is -2.59. The van der Waals surface area contributed by atoms with Crippen LogP contribution in [0.15, 0.2) is 42.6 Å². The minimum atomic E-state index is -0.173. The second kappa shape index (κ2) is 10.0. The Morgan fingerprint density at radius 1 is 1.11 bits per heavy atom. The first kappa shape index (κ1) is 25.6. The van der Waals surface area contributed by atoms with Gasteiger partial charge in [0.15, 0.2) is 0 Å². The Kier molecular flexibility index (Phi) is 6.94. The van der Waals surface area contributed by atoms with Crippen molar-refractivity contribution >= 4 is 11.6 Å². The number of nitrogens with zero attached hydrogens (tertiary/aromatic N) is 5. The van der Waals surface area contributed by atoms with E-state index in [1.807, 2.05) is 18.0 Å². The van der Waals surface area contributed by atoms with Gasteiger partial charge in [0.25, 0.3) is 0 Å². The van der Waals surface area contributed by atoms with Crippen LogP contribution >= 0.6 is 0 Å². The molecule has 1 aromatic carbocycles. The first-order chi connectivity index (χ1) is 17.6. The summed E-state index contributed by atoms with van der Waals surface area (Å²) in [5.41, 5.74) is 7.65. The zero-order valence-electron chi connectivity index (χ0n) is 23.1. The van der Waals surface area contributed by atoms with Gasteiger partial charge in [-0.25, -0.2) is 0 Å². The maximum Gasteiger partial charge on any atom is 0.241 e. The molecule has 1 fully saturated rings. The number of nitrogens with one attached hydrogen (secondary N) is 1. The van der Waals surface area contributed by atoms with Crippen LogP contribution in [0.2, 0.25) is 0 Å². The lowest BCUT2D eigenvalue weighted by atomic mass is 9.91. The molecule has 0 spiro atoms. The molecule has 196 valence electrons. The predicted molar refractivity (Wildman–Crippen MR) is 148 cm³/mol. The molecular weight excluding hydrogens is 460 g/mol. The lowest BCUT2D eigenvalue weighted by molar-refractivity contribution is -0.120. The Bertz CT molecular complexity index is 1280. The van der Waals surface area contributed by atoms with Gasteiger partial charge in [0, 0.05) is 49.0 Å². The third kappa shape index (κ3) is 5.48. The van der Waals surface area contributed by atoms with Gasteiger partial charge >= 0.3 is 0 Å². The number of rotatable bonds is 6. The summed E-state index contributed by atoms with van der Waals surface area (Å²) in [6.45, 7) is 16.3. The minimum absolute atomic E-state index is 0.147. The first-order valence-electron chi connectivity index (χ1n) is 13.4. The fraction of sp³-hybridized carbons (Fsp3) is 0.500. The van der Waals surface area contributed by atoms with Crippen molar-refractivity contribution in [2.24, 2.45) is 0 Å². The molecule has 0 unspecified atom stereocenters. The number of piperazine rings is 1. The molecule has 1 amide bonds. The number of amides is 1. The van der Waals surface area contributed by atoms with Crippen LogP contribution in [-0.4, -0.2) is 63.8 Å². The molecule has 2 aromatic heterocycles. The number of aromatic nitrogens is 3. The molecular formula is C30H40N6O. The van der Waals surface area contributed by atoms with Crippen LogP contribution in [0.5, 0.6) is 0 Å². The van der Waals surface area contributed by atoms with E-state index in [1.165, 1.54) is 11.1 Å². The predicted octanol–water partition coefficient (Wildman–Crippen LogP) is 3.78. The number of aryl methyl sites for hydroxylation is 3. The smallest absolute Gasteiger partial charge is 0.241 e. The minimum Gasteiger partial charge on any atom is -0.311 e. The molecule has 0 bridgehead atoms. The molecule has 0 aliphatic carbocycles. The average molecular weight is 501 g/mol. The maximum absolute atomic E-state index is 13.9. The summed E-state index contributed by atoms with van der Waals surface area (Å²) in [7, 11) is 0. The van der Waals surface area contributed by atoms with Crippen molar-refractivity contribution in [3.63, 3.8) is 0 Å². The van der Waals surface area contributed by atoms with E-state index in [2.05, 4.69) is 91.0 Å². The molecule has 0 radical (unpaired) electrons. The number of hydrogen-bond donors (Lipinski definition) is 1. The molecule has 4 heterocycles. The highest BCUT2D eigenvalue weighted by Gasteiger charge is 2.40. The second-order valence-electron chi connectivity index (χ2n) is 11.7. The molecule has 37 heavy (non-hydrogen) atoms. The van der Waals surface area contributed by atoms with Gasteiger partial charge in [0.05, 0.1) is 30.2 Å². The van der Waals surface area contributed by atoms with Gasteiger partial charge in [-0.15, -0.1) is 0 Å². The Morgan fingerprint density at radius 3 is 2.57 bits per heavy atom. The van der Waals surface area contributed by atoms with E-state index in [1.54, 1.807) is 0 Å². The summed E-state index contributed by atoms with van der Waals surface area (Å²) in [5.74, 6) is 0.147. The van der Waals surface area contributed by atoms with E-state index in [9.17, 15) is 4.79 Å². The van der Waals surface area contributed by atoms with Crippen molar-refractivity contribution in [1.82, 2.24) is 25.0 Å². The highest BCUT2D eigenvalue weighted by Crippen LogP contribution is 2.39. The fourth-order valence-corrected chi connectivity index (χ4v) is 5.76. The topological polar surface area (TPSA) is 66.3 Å². The van der Waals surface area contributed by atoms with E-state index >= 15 is 0 Å². The van der Waals surface area contributed by atoms with Crippen LogP contribution < -0.4 is 10.2 Å². The number of carbonyl (C=O) groups excluding carboxylic acids is 1. The van der Waals surface area contributed by atoms with E-state index < -0.39 is 0 Å². The van der Waals surface area contributed by atoms with Crippen molar-refractivity contribution in [3.05, 3.63) is 76.4 Å². The molecule has 7 heteroatoms. The quantitative estimate of drug-likeness (QED) is 0.558. The summed E-state index contributed by atoms with van der Waals surface area (Å²) in [5, 5.41) is 8.27. The van der Waals surface area contributed by atoms with E-state index in [0.29, 0.717) is 19.1 Å². The van der Waals surface area contributed by atoms with Crippen LogP contribution in [-0.2, 0) is 23.2 Å². The molecule has 2 aliphatic heterocycles. The number of pyridine rings is 1. The molecule has 2 aliphatic rings. The highest BCUT2D eigenvalue weighted by molar-refractivity contribution is 5.97. The first-order valence-corrected chi connectivity index (χ1v) is 13.4. The third-order valence-corrected chi connectivity index (χ3v) is 7.79. The monoisotopic (exact) mass is 500 g/mol. The molecule has 7 nitrogen and oxygen atoms in total. The largest absolute Gasteiger partial charge is 0.311 e. The van der Waals surface area contributed by atoms with E-state index in [0.717, 1.165) is 54.4 Å². The fourth-order valence-electron chi connectivity index (χ4n) is 5.76. The van der Waals surface area contributed by atoms with Gasteiger partial charge in [-0.2, -0.15) is 5.10 Å². The lowest BCUT2D eigenvalue weighted by Gasteiger charge is -2.39. The summed E-state index contributed by atoms with van der Waals surface area (Å²) in [4.78, 5) is 23.1. The van der Waals surface area contributed by atoms with Crippen LogP contribution in [0.4, 0.5) is 5.69 Å². The van der Waals surface area contributed by atoms with Gasteiger partial charge in [-0.05, 0) is 57.4 Å². The number of benzene rings is 1. The molecule has 1 N–H and O–H groups in total. The summed E-state index contributed by atoms with van der Waals surface area (Å²) in [6.07, 6.45) is 2.79. The highest BCUT2D eigenvalue weighted by atomic mass is 16.2. The number of fused-ring (bicyclic) bond motifs is 1. The van der Waals surface area contributed by atoms with Gasteiger partial charge in [-0.3, -0.25) is 19.4 Å². The zero-order chi connectivity index (χ0) is 26.3. The number of carbonyl (C=O) groups is 1. The van der Waals surface area contributed by atoms with Crippen molar-refractivity contribution in [3.8, 4) is 0 Å². The third-order valence-electron chi connectivity index (χ3n) is 7.79. The standard InChI is InChI=1S/C30H40N6O/c1-20-7-9-24(10-8-20)12-25-13-27-29(32-14-25)30(5,6)19-35(27)28(37)18-34-16-22(3)31-15-26(34)17-36-23(4)11-21(2)33-36/h7-11,13-14,22,26,31H,12,15-19H2,1-6H3/t22-,26-/m1/s1. The van der Waals surface area contributed by atoms with Gasteiger partial charge in [0.1, 0.15) is 0 Å². The second-order valence-corrected chi connectivity index (χ2v) is 11.7. The summed E-state index contributed by atoms with van der Waals surface area (Å²) < 4.78 is 2.07. The molecule has 0 saturated carbocycles. The Balaban J connectivity index is 1.36. The Morgan fingerprint density at radius 2 is 1.86 bits per heavy atom. The Hall–Kier alpha value is -3.03. The van der Waals surface area contributed by atoms with Gasteiger partial charge in [-0.1, -0.05) is 43.7 Å². The summed E-state index contributed by atoms with van der Waals surface area (Å²) >= 11 is 0. The van der Waals surface area contributed by atoms with Gasteiger partial charge in [0.2, 0.25) is 5.91 Å². The normalized spacial score (nSPS) is 21.3. The van der Waals surface area contributed by atoms with Crippen molar-refractivity contribution in [1.29, 1.82) is 0 Å². The van der Waals surface area contributed by atoms with Crippen LogP contribution in [0.1, 0.15) is 54.5 Å². The van der Waals surface area contributed by atoms with Crippen molar-refractivity contribution in [2.75, 3.05) is 31.1 Å². The molecule has 3 aromatic rings. The van der Waals surface area contributed by atoms with Gasteiger partial charge < -0.3 is 10.2 Å².